The summed E-state index contributed by atoms with van der Waals surface area (Å²) in [5.74, 6) is 0. The van der Waals surface area contributed by atoms with Gasteiger partial charge in [-0.2, -0.15) is 0 Å². The Balaban J connectivity index is 1.51. The van der Waals surface area contributed by atoms with Crippen LogP contribution in [-0.2, 0) is 6.54 Å². The van der Waals surface area contributed by atoms with E-state index in [2.05, 4.69) is 32.7 Å². The molecule has 2 heterocycles. The summed E-state index contributed by atoms with van der Waals surface area (Å²) in [6.07, 6.45) is 0.328. The molecule has 3 rings (SSSR count). The molecule has 0 bridgehead atoms. The van der Waals surface area contributed by atoms with Crippen LogP contribution in [0.2, 0.25) is 0 Å². The van der Waals surface area contributed by atoms with E-state index in [0.29, 0.717) is 24.6 Å². The smallest absolute Gasteiger partial charge is 0.321 e. The van der Waals surface area contributed by atoms with Crippen molar-refractivity contribution in [1.29, 1.82) is 0 Å². The number of urea groups is 1. The minimum absolute atomic E-state index is 0.129. The number of thiazole rings is 1. The summed E-state index contributed by atoms with van der Waals surface area (Å²) in [4.78, 5) is 18.4. The number of aryl methyl sites for hydroxylation is 1. The molecule has 24 heavy (non-hydrogen) atoms. The van der Waals surface area contributed by atoms with Crippen LogP contribution in [-0.4, -0.2) is 46.3 Å². The summed E-state index contributed by atoms with van der Waals surface area (Å²) in [6.45, 7) is 3.80. The molecule has 7 heteroatoms. The highest BCUT2D eigenvalue weighted by molar-refractivity contribution is 7.13. The van der Waals surface area contributed by atoms with Crippen LogP contribution in [0.3, 0.4) is 0 Å². The number of amides is 2. The fraction of sp³-hybridized carbons (Fsp3) is 0.412. The number of hydrogen-bond donors (Lipinski definition) is 3. The van der Waals surface area contributed by atoms with Crippen LogP contribution in [0.15, 0.2) is 35.7 Å². The lowest BCUT2D eigenvalue weighted by molar-refractivity contribution is 0.172. The van der Waals surface area contributed by atoms with Gasteiger partial charge in [-0.1, -0.05) is 30.3 Å². The number of carbonyl (C=O) groups excluding carboxylic acids is 1. The number of carbonyl (C=O) groups is 1. The summed E-state index contributed by atoms with van der Waals surface area (Å²) in [5.41, 5.74) is 2.10. The van der Waals surface area contributed by atoms with Crippen molar-refractivity contribution < 1.29 is 9.90 Å². The van der Waals surface area contributed by atoms with Crippen LogP contribution >= 0.6 is 11.3 Å². The maximum atomic E-state index is 12.0. The lowest BCUT2D eigenvalue weighted by atomic mass is 10.1. The SMILES string of the molecule is Cc1csc(NC(=O)NCC2CC(O)CN2Cc2ccccc2)n1. The zero-order chi connectivity index (χ0) is 16.9. The van der Waals surface area contributed by atoms with Crippen molar-refractivity contribution in [2.75, 3.05) is 18.4 Å². The molecular weight excluding hydrogens is 324 g/mol. The van der Waals surface area contributed by atoms with E-state index >= 15 is 0 Å². The molecule has 0 saturated carbocycles. The molecule has 0 spiro atoms. The molecule has 1 aromatic carbocycles. The Hall–Kier alpha value is -1.96. The van der Waals surface area contributed by atoms with Crippen molar-refractivity contribution in [3.63, 3.8) is 0 Å². The molecule has 0 radical (unpaired) electrons. The Labute approximate surface area is 145 Å². The van der Waals surface area contributed by atoms with Gasteiger partial charge in [0.05, 0.1) is 11.8 Å². The van der Waals surface area contributed by atoms with Crippen molar-refractivity contribution in [2.24, 2.45) is 0 Å². The van der Waals surface area contributed by atoms with Crippen molar-refractivity contribution in [3.05, 3.63) is 47.0 Å². The summed E-state index contributed by atoms with van der Waals surface area (Å²) < 4.78 is 0. The summed E-state index contributed by atoms with van der Waals surface area (Å²) in [7, 11) is 0. The zero-order valence-electron chi connectivity index (χ0n) is 13.6. The van der Waals surface area contributed by atoms with Crippen molar-refractivity contribution in [1.82, 2.24) is 15.2 Å². The van der Waals surface area contributed by atoms with Gasteiger partial charge in [0.15, 0.2) is 5.13 Å². The standard InChI is InChI=1S/C17H22N4O2S/c1-12-11-24-17(19-12)20-16(23)18-8-14-7-15(22)10-21(14)9-13-5-3-2-4-6-13/h2-6,11,14-15,22H,7-10H2,1H3,(H2,18,19,20,23). The average molecular weight is 346 g/mol. The molecule has 2 unspecified atom stereocenters. The Morgan fingerprint density at radius 1 is 1.42 bits per heavy atom. The molecule has 3 N–H and O–H groups in total. The van der Waals surface area contributed by atoms with Gasteiger partial charge in [-0.15, -0.1) is 11.3 Å². The van der Waals surface area contributed by atoms with E-state index in [1.165, 1.54) is 16.9 Å². The van der Waals surface area contributed by atoms with Crippen LogP contribution in [0.4, 0.5) is 9.93 Å². The van der Waals surface area contributed by atoms with E-state index < -0.39 is 0 Å². The fourth-order valence-electron chi connectivity index (χ4n) is 2.94. The molecule has 6 nitrogen and oxygen atoms in total. The Morgan fingerprint density at radius 2 is 2.21 bits per heavy atom. The molecule has 1 aromatic heterocycles. The molecule has 128 valence electrons. The van der Waals surface area contributed by atoms with Crippen molar-refractivity contribution in [2.45, 2.75) is 32.0 Å². The van der Waals surface area contributed by atoms with Crippen LogP contribution in [0, 0.1) is 6.92 Å². The maximum absolute atomic E-state index is 12.0. The predicted octanol–water partition coefficient (Wildman–Crippen LogP) is 2.21. The van der Waals surface area contributed by atoms with E-state index in [1.807, 2.05) is 30.5 Å². The largest absolute Gasteiger partial charge is 0.392 e. The topological polar surface area (TPSA) is 77.5 Å². The number of likely N-dealkylation sites (tertiary alicyclic amines) is 1. The third-order valence-corrected chi connectivity index (χ3v) is 4.95. The molecule has 1 fully saturated rings. The molecule has 1 aliphatic rings. The first-order valence-electron chi connectivity index (χ1n) is 8.03. The minimum Gasteiger partial charge on any atom is -0.392 e. The van der Waals surface area contributed by atoms with Gasteiger partial charge in [0.25, 0.3) is 0 Å². The first-order chi connectivity index (χ1) is 11.6. The summed E-state index contributed by atoms with van der Waals surface area (Å²) in [5, 5.41) is 18.1. The number of aliphatic hydroxyl groups is 1. The normalized spacial score (nSPS) is 20.9. The summed E-state index contributed by atoms with van der Waals surface area (Å²) in [6, 6.07) is 10.0. The number of rotatable bonds is 5. The molecule has 0 aliphatic carbocycles. The zero-order valence-corrected chi connectivity index (χ0v) is 14.4. The molecular formula is C17H22N4O2S. The molecule has 2 amide bonds. The molecule has 2 aromatic rings. The number of nitrogens with one attached hydrogen (secondary N) is 2. The summed E-state index contributed by atoms with van der Waals surface area (Å²) >= 11 is 1.41. The van der Waals surface area contributed by atoms with Crippen LogP contribution < -0.4 is 10.6 Å². The quantitative estimate of drug-likeness (QED) is 0.776. The van der Waals surface area contributed by atoms with Gasteiger partial charge in [-0.3, -0.25) is 10.2 Å². The van der Waals surface area contributed by atoms with E-state index in [4.69, 9.17) is 0 Å². The molecule has 2 atom stereocenters. The minimum atomic E-state index is -0.342. The molecule has 1 aliphatic heterocycles. The first-order valence-corrected chi connectivity index (χ1v) is 8.91. The Bertz CT molecular complexity index is 676. The predicted molar refractivity (Wildman–Crippen MR) is 95.1 cm³/mol. The second kappa shape index (κ2) is 7.74. The fourth-order valence-corrected chi connectivity index (χ4v) is 3.63. The third kappa shape index (κ3) is 4.53. The monoisotopic (exact) mass is 346 g/mol. The van der Waals surface area contributed by atoms with Gasteiger partial charge in [0.1, 0.15) is 0 Å². The lowest BCUT2D eigenvalue weighted by Crippen LogP contribution is -2.41. The number of β-amino-alcohol motifs (C(OH)–C–C–N with tert-alkyl or cyclic N) is 1. The highest BCUT2D eigenvalue weighted by Crippen LogP contribution is 2.20. The first kappa shape index (κ1) is 16.9. The van der Waals surface area contributed by atoms with Gasteiger partial charge >= 0.3 is 6.03 Å². The number of aromatic nitrogens is 1. The second-order valence-corrected chi connectivity index (χ2v) is 6.95. The number of benzene rings is 1. The highest BCUT2D eigenvalue weighted by Gasteiger charge is 2.30. The number of hydrogen-bond acceptors (Lipinski definition) is 5. The van der Waals surface area contributed by atoms with Crippen molar-refractivity contribution >= 4 is 22.5 Å². The van der Waals surface area contributed by atoms with Gasteiger partial charge < -0.3 is 10.4 Å². The van der Waals surface area contributed by atoms with E-state index in [1.54, 1.807) is 0 Å². The van der Waals surface area contributed by atoms with E-state index in [-0.39, 0.29) is 18.2 Å². The Kier molecular flexibility index (Phi) is 5.44. The van der Waals surface area contributed by atoms with Gasteiger partial charge in [-0.25, -0.2) is 9.78 Å². The molecule has 1 saturated heterocycles. The highest BCUT2D eigenvalue weighted by atomic mass is 32.1. The van der Waals surface area contributed by atoms with Gasteiger partial charge in [0.2, 0.25) is 0 Å². The van der Waals surface area contributed by atoms with E-state index in [0.717, 1.165) is 12.2 Å². The van der Waals surface area contributed by atoms with Gasteiger partial charge in [0, 0.05) is 31.1 Å². The van der Waals surface area contributed by atoms with Crippen LogP contribution in [0.1, 0.15) is 17.7 Å². The lowest BCUT2D eigenvalue weighted by Gasteiger charge is -2.24. The number of aliphatic hydroxyl groups excluding tert-OH is 1. The number of anilines is 1. The average Bonchev–Trinajstić information content (AvgIpc) is 3.12. The third-order valence-electron chi connectivity index (χ3n) is 4.07. The van der Waals surface area contributed by atoms with Crippen molar-refractivity contribution in [3.8, 4) is 0 Å². The van der Waals surface area contributed by atoms with E-state index in [9.17, 15) is 9.90 Å². The second-order valence-electron chi connectivity index (χ2n) is 6.09. The van der Waals surface area contributed by atoms with Gasteiger partial charge in [-0.05, 0) is 18.9 Å². The van der Waals surface area contributed by atoms with Crippen LogP contribution in [0.25, 0.3) is 0 Å². The Morgan fingerprint density at radius 3 is 2.92 bits per heavy atom. The maximum Gasteiger partial charge on any atom is 0.321 e. The van der Waals surface area contributed by atoms with Crippen LogP contribution in [0.5, 0.6) is 0 Å². The number of nitrogens with zero attached hydrogens (tertiary/aromatic N) is 2.